The maximum Gasteiger partial charge on any atom is 0.319 e. The lowest BCUT2D eigenvalue weighted by molar-refractivity contribution is -0.142. The number of carbonyl (C=O) groups excluding carboxylic acids is 1. The van der Waals surface area contributed by atoms with Crippen LogP contribution in [-0.2, 0) is 9.53 Å². The number of nitrogen functional groups attached to an aromatic ring is 1. The van der Waals surface area contributed by atoms with Crippen LogP contribution in [0.1, 0.15) is 20.3 Å². The molecule has 0 heterocycles. The first kappa shape index (κ1) is 14.2. The molecule has 94 valence electrons. The molecule has 1 rings (SSSR count). The summed E-state index contributed by atoms with van der Waals surface area (Å²) in [5, 5.41) is 0.362. The molecule has 0 spiro atoms. The van der Waals surface area contributed by atoms with E-state index in [2.05, 4.69) is 0 Å². The largest absolute Gasteiger partial charge is 0.465 e. The van der Waals surface area contributed by atoms with Crippen molar-refractivity contribution < 1.29 is 9.53 Å². The van der Waals surface area contributed by atoms with Gasteiger partial charge in [-0.3, -0.25) is 4.79 Å². The van der Waals surface area contributed by atoms with E-state index < -0.39 is 0 Å². The number of carbonyl (C=O) groups is 1. The van der Waals surface area contributed by atoms with Crippen LogP contribution in [0.3, 0.4) is 0 Å². The predicted molar refractivity (Wildman–Crippen MR) is 72.4 cm³/mol. The zero-order valence-corrected chi connectivity index (χ0v) is 11.5. The number of ether oxygens (including phenoxy) is 1. The Kier molecular flexibility index (Phi) is 5.65. The van der Waals surface area contributed by atoms with Crippen LogP contribution in [0.2, 0.25) is 5.02 Å². The zero-order valence-electron chi connectivity index (χ0n) is 9.90. The third-order valence-corrected chi connectivity index (χ3v) is 3.99. The molecule has 1 aromatic carbocycles. The van der Waals surface area contributed by atoms with Crippen LogP contribution in [0, 0.1) is 0 Å². The molecule has 0 radical (unpaired) electrons. The maximum atomic E-state index is 11.7. The summed E-state index contributed by atoms with van der Waals surface area (Å²) in [5.41, 5.74) is 6.33. The van der Waals surface area contributed by atoms with Gasteiger partial charge in [-0.1, -0.05) is 18.5 Å². The molecule has 2 N–H and O–H groups in total. The number of halogens is 1. The number of rotatable bonds is 5. The second-order valence-electron chi connectivity index (χ2n) is 3.46. The summed E-state index contributed by atoms with van der Waals surface area (Å²) < 4.78 is 5.00. The number of hydrogen-bond donors (Lipinski definition) is 1. The highest BCUT2D eigenvalue weighted by Crippen LogP contribution is 2.33. The lowest BCUT2D eigenvalue weighted by atomic mass is 10.3. The second kappa shape index (κ2) is 6.77. The molecule has 5 heteroatoms. The van der Waals surface area contributed by atoms with E-state index in [0.29, 0.717) is 23.7 Å². The minimum Gasteiger partial charge on any atom is -0.465 e. The van der Waals surface area contributed by atoms with E-state index in [0.717, 1.165) is 4.90 Å². The van der Waals surface area contributed by atoms with Gasteiger partial charge >= 0.3 is 5.97 Å². The molecule has 0 fully saturated rings. The van der Waals surface area contributed by atoms with Crippen LogP contribution in [-0.4, -0.2) is 17.8 Å². The Morgan fingerprint density at radius 3 is 2.82 bits per heavy atom. The average molecular weight is 274 g/mol. The standard InChI is InChI=1S/C12H16ClNO2S/c1-3-10(12(15)16-4-2)17-11-7-8(14)5-6-9(11)13/h5-7,10H,3-4,14H2,1-2H3. The second-order valence-corrected chi connectivity index (χ2v) is 5.11. The number of hydrogen-bond acceptors (Lipinski definition) is 4. The van der Waals surface area contributed by atoms with Crippen LogP contribution in [0.4, 0.5) is 5.69 Å². The van der Waals surface area contributed by atoms with Gasteiger partial charge in [0.1, 0.15) is 5.25 Å². The van der Waals surface area contributed by atoms with Crippen molar-refractivity contribution in [2.24, 2.45) is 0 Å². The van der Waals surface area contributed by atoms with Gasteiger partial charge in [-0.25, -0.2) is 0 Å². The Morgan fingerprint density at radius 1 is 1.53 bits per heavy atom. The smallest absolute Gasteiger partial charge is 0.319 e. The Balaban J connectivity index is 2.80. The van der Waals surface area contributed by atoms with Gasteiger partial charge in [0.05, 0.1) is 11.6 Å². The van der Waals surface area contributed by atoms with Gasteiger partial charge in [-0.05, 0) is 31.5 Å². The minimum atomic E-state index is -0.241. The minimum absolute atomic E-state index is 0.210. The number of thioether (sulfide) groups is 1. The molecule has 1 aromatic rings. The van der Waals surface area contributed by atoms with Crippen LogP contribution in [0.25, 0.3) is 0 Å². The summed E-state index contributed by atoms with van der Waals surface area (Å²) >= 11 is 7.44. The van der Waals surface area contributed by atoms with Crippen LogP contribution in [0.15, 0.2) is 23.1 Å². The summed E-state index contributed by atoms with van der Waals surface area (Å²) in [6.07, 6.45) is 0.689. The molecule has 3 nitrogen and oxygen atoms in total. The fourth-order valence-electron chi connectivity index (χ4n) is 1.30. The summed E-state index contributed by atoms with van der Waals surface area (Å²) in [4.78, 5) is 12.5. The van der Waals surface area contributed by atoms with Gasteiger partial charge in [-0.2, -0.15) is 0 Å². The first-order chi connectivity index (χ1) is 8.08. The van der Waals surface area contributed by atoms with Crippen molar-refractivity contribution in [2.45, 2.75) is 30.4 Å². The van der Waals surface area contributed by atoms with E-state index in [9.17, 15) is 4.79 Å². The van der Waals surface area contributed by atoms with E-state index in [-0.39, 0.29) is 11.2 Å². The number of benzene rings is 1. The molecule has 17 heavy (non-hydrogen) atoms. The highest BCUT2D eigenvalue weighted by atomic mass is 35.5. The van der Waals surface area contributed by atoms with Gasteiger partial charge in [0.2, 0.25) is 0 Å². The van der Waals surface area contributed by atoms with E-state index in [1.165, 1.54) is 11.8 Å². The molecule has 0 aromatic heterocycles. The van der Waals surface area contributed by atoms with Crippen LogP contribution >= 0.6 is 23.4 Å². The fraction of sp³-hybridized carbons (Fsp3) is 0.417. The van der Waals surface area contributed by atoms with Crippen molar-refractivity contribution in [3.8, 4) is 0 Å². The first-order valence-corrected chi connectivity index (χ1v) is 6.72. The van der Waals surface area contributed by atoms with Gasteiger partial charge in [0, 0.05) is 10.6 Å². The van der Waals surface area contributed by atoms with E-state index in [4.69, 9.17) is 22.1 Å². The third kappa shape index (κ3) is 4.13. The summed E-state index contributed by atoms with van der Waals surface area (Å²) in [7, 11) is 0. The molecule has 0 aliphatic carbocycles. The van der Waals surface area contributed by atoms with Crippen molar-refractivity contribution in [1.29, 1.82) is 0 Å². The van der Waals surface area contributed by atoms with Gasteiger partial charge in [0.25, 0.3) is 0 Å². The van der Waals surface area contributed by atoms with Crippen molar-refractivity contribution in [3.63, 3.8) is 0 Å². The fourth-order valence-corrected chi connectivity index (χ4v) is 2.57. The SMILES string of the molecule is CCOC(=O)C(CC)Sc1cc(N)ccc1Cl. The van der Waals surface area contributed by atoms with Crippen LogP contribution < -0.4 is 5.73 Å². The summed E-state index contributed by atoms with van der Waals surface area (Å²) in [5.74, 6) is -0.210. The Labute approximate surface area is 111 Å². The van der Waals surface area contributed by atoms with Crippen molar-refractivity contribution in [3.05, 3.63) is 23.2 Å². The van der Waals surface area contributed by atoms with Crippen molar-refractivity contribution in [2.75, 3.05) is 12.3 Å². The Hall–Kier alpha value is -0.870. The molecule has 0 bridgehead atoms. The lowest BCUT2D eigenvalue weighted by Crippen LogP contribution is -2.19. The molecule has 1 unspecified atom stereocenters. The maximum absolute atomic E-state index is 11.7. The summed E-state index contributed by atoms with van der Waals surface area (Å²) in [6.45, 7) is 4.12. The molecular weight excluding hydrogens is 258 g/mol. The summed E-state index contributed by atoms with van der Waals surface area (Å²) in [6, 6.07) is 5.24. The predicted octanol–water partition coefficient (Wildman–Crippen LogP) is 3.36. The van der Waals surface area contributed by atoms with Gasteiger partial charge < -0.3 is 10.5 Å². The topological polar surface area (TPSA) is 52.3 Å². The third-order valence-electron chi connectivity index (χ3n) is 2.14. The van der Waals surface area contributed by atoms with Gasteiger partial charge in [0.15, 0.2) is 0 Å². The van der Waals surface area contributed by atoms with Crippen molar-refractivity contribution >= 4 is 35.0 Å². The molecular formula is C12H16ClNO2S. The molecule has 0 aliphatic rings. The van der Waals surface area contributed by atoms with E-state index in [1.54, 1.807) is 25.1 Å². The zero-order chi connectivity index (χ0) is 12.8. The Morgan fingerprint density at radius 2 is 2.24 bits per heavy atom. The molecule has 0 amide bonds. The highest BCUT2D eigenvalue weighted by molar-refractivity contribution is 8.00. The van der Waals surface area contributed by atoms with Crippen LogP contribution in [0.5, 0.6) is 0 Å². The normalized spacial score (nSPS) is 12.2. The van der Waals surface area contributed by atoms with Crippen molar-refractivity contribution in [1.82, 2.24) is 0 Å². The van der Waals surface area contributed by atoms with E-state index in [1.807, 2.05) is 6.92 Å². The average Bonchev–Trinajstić information content (AvgIpc) is 2.30. The van der Waals surface area contributed by atoms with Gasteiger partial charge in [-0.15, -0.1) is 11.8 Å². The molecule has 0 saturated heterocycles. The number of nitrogens with two attached hydrogens (primary N) is 1. The molecule has 0 saturated carbocycles. The number of anilines is 1. The number of esters is 1. The quantitative estimate of drug-likeness (QED) is 0.508. The molecule has 0 aliphatic heterocycles. The Bertz CT molecular complexity index is 398. The first-order valence-electron chi connectivity index (χ1n) is 5.46. The molecule has 1 atom stereocenters. The van der Waals surface area contributed by atoms with E-state index >= 15 is 0 Å². The monoisotopic (exact) mass is 273 g/mol. The highest BCUT2D eigenvalue weighted by Gasteiger charge is 2.20. The lowest BCUT2D eigenvalue weighted by Gasteiger charge is -2.14.